The molecular formula is C19H30N4O2S. The van der Waals surface area contributed by atoms with Gasteiger partial charge in [-0.15, -0.1) is 0 Å². The van der Waals surface area contributed by atoms with Crippen LogP contribution in [0.5, 0.6) is 0 Å². The van der Waals surface area contributed by atoms with Crippen LogP contribution in [-0.2, 0) is 10.0 Å². The molecule has 144 valence electrons. The number of rotatable bonds is 4. The van der Waals surface area contributed by atoms with Gasteiger partial charge in [0.2, 0.25) is 10.0 Å². The summed E-state index contributed by atoms with van der Waals surface area (Å²) < 4.78 is 24.9. The van der Waals surface area contributed by atoms with E-state index in [4.69, 9.17) is 4.99 Å². The molecule has 0 radical (unpaired) electrons. The van der Waals surface area contributed by atoms with Gasteiger partial charge in [-0.1, -0.05) is 18.2 Å². The third-order valence-corrected chi connectivity index (χ3v) is 6.53. The molecule has 6 nitrogen and oxygen atoms in total. The normalized spacial score (nSPS) is 21.0. The van der Waals surface area contributed by atoms with Crippen molar-refractivity contribution in [2.45, 2.75) is 32.1 Å². The van der Waals surface area contributed by atoms with Crippen LogP contribution in [0.25, 0.3) is 0 Å². The number of para-hydroxylation sites is 1. The minimum atomic E-state index is -3.06. The number of aliphatic imine (C=N–C) groups is 1. The molecule has 2 aliphatic rings. The smallest absolute Gasteiger partial charge is 0.211 e. The molecule has 2 saturated heterocycles. The molecule has 0 aliphatic carbocycles. The zero-order chi connectivity index (χ0) is 18.4. The average molecular weight is 379 g/mol. The van der Waals surface area contributed by atoms with E-state index in [1.54, 1.807) is 4.31 Å². The Hall–Kier alpha value is -1.60. The quantitative estimate of drug-likeness (QED) is 0.646. The van der Waals surface area contributed by atoms with Crippen molar-refractivity contribution in [3.63, 3.8) is 0 Å². The fraction of sp³-hybridized carbons (Fsp3) is 0.632. The van der Waals surface area contributed by atoms with Gasteiger partial charge in [-0.25, -0.2) is 12.7 Å². The highest BCUT2D eigenvalue weighted by Crippen LogP contribution is 2.20. The molecule has 0 atom stereocenters. The lowest BCUT2D eigenvalue weighted by Gasteiger charge is -2.32. The highest BCUT2D eigenvalue weighted by Gasteiger charge is 2.25. The van der Waals surface area contributed by atoms with Crippen molar-refractivity contribution in [3.8, 4) is 0 Å². The van der Waals surface area contributed by atoms with Gasteiger partial charge in [0.1, 0.15) is 0 Å². The summed E-state index contributed by atoms with van der Waals surface area (Å²) in [7, 11) is -3.06. The predicted octanol–water partition coefficient (Wildman–Crippen LogP) is 2.61. The van der Waals surface area contributed by atoms with E-state index in [0.29, 0.717) is 19.0 Å². The summed E-state index contributed by atoms with van der Waals surface area (Å²) in [6, 6.07) is 10.2. The van der Waals surface area contributed by atoms with E-state index in [1.807, 2.05) is 18.2 Å². The summed E-state index contributed by atoms with van der Waals surface area (Å²) in [6.45, 7) is 4.08. The van der Waals surface area contributed by atoms with Gasteiger partial charge >= 0.3 is 0 Å². The lowest BCUT2D eigenvalue weighted by molar-refractivity contribution is 0.278. The van der Waals surface area contributed by atoms with E-state index in [-0.39, 0.29) is 0 Å². The Morgan fingerprint density at radius 1 is 1.08 bits per heavy atom. The largest absolute Gasteiger partial charge is 0.343 e. The highest BCUT2D eigenvalue weighted by molar-refractivity contribution is 7.88. The van der Waals surface area contributed by atoms with Crippen LogP contribution in [-0.4, -0.2) is 62.6 Å². The first-order valence-corrected chi connectivity index (χ1v) is 11.4. The van der Waals surface area contributed by atoms with Crippen LogP contribution in [0.15, 0.2) is 35.3 Å². The highest BCUT2D eigenvalue weighted by atomic mass is 32.2. The van der Waals surface area contributed by atoms with Gasteiger partial charge in [-0.3, -0.25) is 4.99 Å². The summed E-state index contributed by atoms with van der Waals surface area (Å²) in [5, 5.41) is 3.49. The average Bonchev–Trinajstić information content (AvgIpc) is 2.66. The molecular weight excluding hydrogens is 348 g/mol. The lowest BCUT2D eigenvalue weighted by Crippen LogP contribution is -2.41. The molecule has 0 unspecified atom stereocenters. The van der Waals surface area contributed by atoms with Crippen molar-refractivity contribution in [1.82, 2.24) is 9.21 Å². The summed E-state index contributed by atoms with van der Waals surface area (Å²) in [4.78, 5) is 7.27. The molecule has 0 saturated carbocycles. The lowest BCUT2D eigenvalue weighted by atomic mass is 9.98. The fourth-order valence-electron chi connectivity index (χ4n) is 3.61. The maximum absolute atomic E-state index is 11.7. The standard InChI is InChI=1S/C19H30N4O2S/c1-26(24,25)23-14-10-17(11-15-23)16-20-19(22-12-6-3-7-13-22)21-18-8-4-2-5-9-18/h2,4-5,8-9,17H,3,6-7,10-16H2,1H3,(H,20,21). The molecule has 2 aliphatic heterocycles. The molecule has 0 aromatic heterocycles. The van der Waals surface area contributed by atoms with Crippen LogP contribution in [0.1, 0.15) is 32.1 Å². The van der Waals surface area contributed by atoms with Gasteiger partial charge < -0.3 is 10.2 Å². The van der Waals surface area contributed by atoms with E-state index >= 15 is 0 Å². The first kappa shape index (κ1) is 19.2. The van der Waals surface area contributed by atoms with Gasteiger partial charge in [-0.05, 0) is 50.2 Å². The zero-order valence-corrected chi connectivity index (χ0v) is 16.4. The van der Waals surface area contributed by atoms with Crippen LogP contribution < -0.4 is 5.32 Å². The SMILES string of the molecule is CS(=O)(=O)N1CCC(CN=C(Nc2ccccc2)N2CCCCC2)CC1. The predicted molar refractivity (Wildman–Crippen MR) is 107 cm³/mol. The van der Waals surface area contributed by atoms with Gasteiger partial charge in [0.05, 0.1) is 6.26 Å². The van der Waals surface area contributed by atoms with Crippen molar-refractivity contribution in [2.24, 2.45) is 10.9 Å². The van der Waals surface area contributed by atoms with Crippen molar-refractivity contribution in [2.75, 3.05) is 44.3 Å². The molecule has 3 rings (SSSR count). The Morgan fingerprint density at radius 2 is 1.73 bits per heavy atom. The number of sulfonamides is 1. The number of likely N-dealkylation sites (tertiary alicyclic amines) is 1. The summed E-state index contributed by atoms with van der Waals surface area (Å²) in [6.07, 6.45) is 6.78. The molecule has 0 amide bonds. The van der Waals surface area contributed by atoms with E-state index in [1.165, 1.54) is 25.5 Å². The maximum Gasteiger partial charge on any atom is 0.211 e. The van der Waals surface area contributed by atoms with Gasteiger partial charge in [0, 0.05) is 38.4 Å². The number of nitrogens with zero attached hydrogens (tertiary/aromatic N) is 3. The second-order valence-corrected chi connectivity index (χ2v) is 9.29. The summed E-state index contributed by atoms with van der Waals surface area (Å²) in [5.74, 6) is 1.41. The molecule has 1 aromatic rings. The van der Waals surface area contributed by atoms with Crippen molar-refractivity contribution >= 4 is 21.7 Å². The monoisotopic (exact) mass is 378 g/mol. The van der Waals surface area contributed by atoms with E-state index in [9.17, 15) is 8.42 Å². The Balaban J connectivity index is 1.62. The molecule has 0 spiro atoms. The Bertz CT molecular complexity index is 692. The molecule has 0 bridgehead atoms. The third-order valence-electron chi connectivity index (χ3n) is 5.23. The Kier molecular flexibility index (Phi) is 6.53. The van der Waals surface area contributed by atoms with Crippen LogP contribution in [0.2, 0.25) is 0 Å². The minimum absolute atomic E-state index is 0.449. The van der Waals surface area contributed by atoms with E-state index < -0.39 is 10.0 Å². The third kappa shape index (κ3) is 5.45. The number of guanidine groups is 1. The van der Waals surface area contributed by atoms with E-state index in [0.717, 1.165) is 44.1 Å². The topological polar surface area (TPSA) is 65.0 Å². The number of nitrogens with one attached hydrogen (secondary N) is 1. The maximum atomic E-state index is 11.7. The second kappa shape index (κ2) is 8.86. The first-order chi connectivity index (χ1) is 12.5. The number of piperidine rings is 2. The van der Waals surface area contributed by atoms with Crippen LogP contribution in [0, 0.1) is 5.92 Å². The van der Waals surface area contributed by atoms with Crippen molar-refractivity contribution < 1.29 is 8.42 Å². The van der Waals surface area contributed by atoms with Crippen molar-refractivity contribution in [3.05, 3.63) is 30.3 Å². The zero-order valence-electron chi connectivity index (χ0n) is 15.6. The van der Waals surface area contributed by atoms with Crippen LogP contribution >= 0.6 is 0 Å². The number of hydrogen-bond acceptors (Lipinski definition) is 3. The first-order valence-electron chi connectivity index (χ1n) is 9.59. The Morgan fingerprint density at radius 3 is 2.35 bits per heavy atom. The number of anilines is 1. The van der Waals surface area contributed by atoms with Crippen molar-refractivity contribution in [1.29, 1.82) is 0 Å². The molecule has 2 fully saturated rings. The van der Waals surface area contributed by atoms with Gasteiger partial charge in [0.15, 0.2) is 5.96 Å². The minimum Gasteiger partial charge on any atom is -0.343 e. The van der Waals surface area contributed by atoms with Gasteiger partial charge in [0.25, 0.3) is 0 Å². The van der Waals surface area contributed by atoms with Crippen LogP contribution in [0.4, 0.5) is 5.69 Å². The van der Waals surface area contributed by atoms with E-state index in [2.05, 4.69) is 22.3 Å². The number of hydrogen-bond donors (Lipinski definition) is 1. The fourth-order valence-corrected chi connectivity index (χ4v) is 4.49. The molecule has 26 heavy (non-hydrogen) atoms. The second-order valence-electron chi connectivity index (χ2n) is 7.31. The van der Waals surface area contributed by atoms with Gasteiger partial charge in [-0.2, -0.15) is 0 Å². The number of benzene rings is 1. The molecule has 2 heterocycles. The molecule has 1 aromatic carbocycles. The molecule has 1 N–H and O–H groups in total. The Labute approximate surface area is 157 Å². The summed E-state index contributed by atoms with van der Waals surface area (Å²) in [5.41, 5.74) is 1.06. The summed E-state index contributed by atoms with van der Waals surface area (Å²) >= 11 is 0. The van der Waals surface area contributed by atoms with Crippen LogP contribution in [0.3, 0.4) is 0 Å². The molecule has 7 heteroatoms.